The van der Waals surface area contributed by atoms with Crippen LogP contribution in [0.5, 0.6) is 5.75 Å². The van der Waals surface area contributed by atoms with Crippen LogP contribution in [0.3, 0.4) is 0 Å². The predicted octanol–water partition coefficient (Wildman–Crippen LogP) is 3.60. The third-order valence-corrected chi connectivity index (χ3v) is 5.10. The Morgan fingerprint density at radius 3 is 2.86 bits per heavy atom. The molecule has 1 aliphatic carbocycles. The molecule has 1 saturated carbocycles. The van der Waals surface area contributed by atoms with Gasteiger partial charge >= 0.3 is 0 Å². The van der Waals surface area contributed by atoms with Crippen molar-refractivity contribution in [2.45, 2.75) is 26.2 Å². The van der Waals surface area contributed by atoms with Crippen molar-refractivity contribution in [3.05, 3.63) is 22.7 Å². The van der Waals surface area contributed by atoms with Crippen molar-refractivity contribution in [1.29, 1.82) is 0 Å². The number of carbonyl (C=O) groups is 1. The molecule has 2 fully saturated rings. The average Bonchev–Trinajstić information content (AvgIpc) is 3.16. The molecule has 3 rings (SSSR count). The Balaban J connectivity index is 0.00000176. The fraction of sp³-hybridized carbons (Fsp3) is 0.562. The van der Waals surface area contributed by atoms with Crippen LogP contribution in [0.25, 0.3) is 0 Å². The summed E-state index contributed by atoms with van der Waals surface area (Å²) in [5.74, 6) is 1.03. The predicted molar refractivity (Wildman–Crippen MR) is 93.8 cm³/mol. The molecular formula is C16H22BrClN2O2. The summed E-state index contributed by atoms with van der Waals surface area (Å²) >= 11 is 3.44. The van der Waals surface area contributed by atoms with Crippen molar-refractivity contribution >= 4 is 39.9 Å². The zero-order valence-corrected chi connectivity index (χ0v) is 15.1. The van der Waals surface area contributed by atoms with Gasteiger partial charge in [0, 0.05) is 10.4 Å². The molecule has 6 heteroatoms. The molecule has 22 heavy (non-hydrogen) atoms. The largest absolute Gasteiger partial charge is 0.492 e. The molecule has 1 spiro atoms. The number of piperidine rings is 1. The Morgan fingerprint density at radius 1 is 1.45 bits per heavy atom. The van der Waals surface area contributed by atoms with E-state index in [0.29, 0.717) is 6.61 Å². The summed E-state index contributed by atoms with van der Waals surface area (Å²) in [5, 5.41) is 6.42. The Morgan fingerprint density at radius 2 is 2.18 bits per heavy atom. The lowest BCUT2D eigenvalue weighted by Crippen LogP contribution is -2.31. The van der Waals surface area contributed by atoms with E-state index in [1.807, 2.05) is 25.1 Å². The van der Waals surface area contributed by atoms with Gasteiger partial charge in [-0.25, -0.2) is 0 Å². The number of benzene rings is 1. The highest BCUT2D eigenvalue weighted by atomic mass is 79.9. The highest BCUT2D eigenvalue weighted by Crippen LogP contribution is 2.58. The highest BCUT2D eigenvalue weighted by Gasteiger charge is 2.57. The first-order chi connectivity index (χ1) is 10.1. The van der Waals surface area contributed by atoms with Crippen molar-refractivity contribution in [1.82, 2.24) is 5.32 Å². The number of carbonyl (C=O) groups excluding carboxylic acids is 1. The van der Waals surface area contributed by atoms with Crippen LogP contribution in [0.4, 0.5) is 5.69 Å². The molecule has 1 aromatic carbocycles. The summed E-state index contributed by atoms with van der Waals surface area (Å²) in [5.41, 5.74) is 1.01. The molecule has 1 aromatic rings. The van der Waals surface area contributed by atoms with Crippen LogP contribution >= 0.6 is 28.3 Å². The van der Waals surface area contributed by atoms with Crippen molar-refractivity contribution in [3.63, 3.8) is 0 Å². The van der Waals surface area contributed by atoms with Gasteiger partial charge in [0.05, 0.1) is 12.3 Å². The lowest BCUT2D eigenvalue weighted by Gasteiger charge is -2.23. The van der Waals surface area contributed by atoms with Gasteiger partial charge in [-0.3, -0.25) is 4.79 Å². The van der Waals surface area contributed by atoms with Gasteiger partial charge < -0.3 is 15.4 Å². The molecule has 122 valence electrons. The van der Waals surface area contributed by atoms with Crippen molar-refractivity contribution in [2.75, 3.05) is 25.0 Å². The van der Waals surface area contributed by atoms with E-state index in [2.05, 4.69) is 26.6 Å². The fourth-order valence-corrected chi connectivity index (χ4v) is 3.66. The van der Waals surface area contributed by atoms with Crippen LogP contribution < -0.4 is 15.4 Å². The summed E-state index contributed by atoms with van der Waals surface area (Å²) in [7, 11) is 0. The Labute approximate surface area is 145 Å². The summed E-state index contributed by atoms with van der Waals surface area (Å²) in [6.45, 7) is 4.60. The monoisotopic (exact) mass is 388 g/mol. The third kappa shape index (κ3) is 3.58. The van der Waals surface area contributed by atoms with Crippen LogP contribution in [-0.2, 0) is 4.79 Å². The fourth-order valence-electron chi connectivity index (χ4n) is 3.30. The normalized spacial score (nSPS) is 21.8. The maximum atomic E-state index is 12.5. The van der Waals surface area contributed by atoms with Gasteiger partial charge in [0.25, 0.3) is 0 Å². The standard InChI is InChI=1S/C16H21BrN2O2.ClH/c1-2-21-14-4-3-11(17)9-13(14)19-15(20)12-10-16(12)5-7-18-8-6-16;/h3-4,9,12,18H,2,5-8,10H2,1H3,(H,19,20);1H. The topological polar surface area (TPSA) is 50.4 Å². The average molecular weight is 390 g/mol. The zero-order valence-electron chi connectivity index (χ0n) is 12.7. The number of hydrogen-bond acceptors (Lipinski definition) is 3. The van der Waals surface area contributed by atoms with E-state index in [0.717, 1.165) is 48.3 Å². The van der Waals surface area contributed by atoms with Crippen molar-refractivity contribution < 1.29 is 9.53 Å². The molecule has 1 aliphatic heterocycles. The molecule has 2 aliphatic rings. The smallest absolute Gasteiger partial charge is 0.228 e. The maximum Gasteiger partial charge on any atom is 0.228 e. The Kier molecular flexibility index (Phi) is 5.75. The van der Waals surface area contributed by atoms with Gasteiger partial charge in [0.15, 0.2) is 0 Å². The lowest BCUT2D eigenvalue weighted by atomic mass is 9.92. The van der Waals surface area contributed by atoms with E-state index in [4.69, 9.17) is 4.74 Å². The van der Waals surface area contributed by atoms with E-state index in [-0.39, 0.29) is 29.6 Å². The number of hydrogen-bond donors (Lipinski definition) is 2. The second kappa shape index (κ2) is 7.20. The van der Waals surface area contributed by atoms with Gasteiger partial charge in [-0.1, -0.05) is 15.9 Å². The third-order valence-electron chi connectivity index (χ3n) is 4.60. The van der Waals surface area contributed by atoms with Crippen LogP contribution in [-0.4, -0.2) is 25.6 Å². The first-order valence-corrected chi connectivity index (χ1v) is 8.38. The van der Waals surface area contributed by atoms with Crippen LogP contribution in [0.2, 0.25) is 0 Å². The van der Waals surface area contributed by atoms with E-state index in [1.165, 1.54) is 0 Å². The van der Waals surface area contributed by atoms with Gasteiger partial charge in [-0.05, 0) is 62.9 Å². The quantitative estimate of drug-likeness (QED) is 0.827. The Bertz CT molecular complexity index is 547. The van der Waals surface area contributed by atoms with E-state index < -0.39 is 0 Å². The molecule has 1 heterocycles. The summed E-state index contributed by atoms with van der Waals surface area (Å²) in [6, 6.07) is 5.71. The summed E-state index contributed by atoms with van der Waals surface area (Å²) < 4.78 is 6.52. The van der Waals surface area contributed by atoms with E-state index in [9.17, 15) is 4.79 Å². The molecule has 0 aromatic heterocycles. The molecule has 2 N–H and O–H groups in total. The number of amides is 1. The minimum Gasteiger partial charge on any atom is -0.492 e. The first kappa shape index (κ1) is 17.6. The molecule has 0 radical (unpaired) electrons. The number of rotatable bonds is 4. The van der Waals surface area contributed by atoms with Crippen LogP contribution in [0.15, 0.2) is 22.7 Å². The molecule has 1 atom stereocenters. The maximum absolute atomic E-state index is 12.5. The molecule has 1 amide bonds. The molecule has 1 unspecified atom stereocenters. The first-order valence-electron chi connectivity index (χ1n) is 7.58. The van der Waals surface area contributed by atoms with Crippen LogP contribution in [0.1, 0.15) is 26.2 Å². The summed E-state index contributed by atoms with van der Waals surface area (Å²) in [4.78, 5) is 12.5. The van der Waals surface area contributed by atoms with Gasteiger partial charge in [-0.2, -0.15) is 0 Å². The molecule has 4 nitrogen and oxygen atoms in total. The SMILES string of the molecule is CCOc1ccc(Br)cc1NC(=O)C1CC12CCNCC2.Cl. The molecule has 0 bridgehead atoms. The van der Waals surface area contributed by atoms with Gasteiger partial charge in [0.2, 0.25) is 5.91 Å². The number of ether oxygens (including phenoxy) is 1. The minimum absolute atomic E-state index is 0. The van der Waals surface area contributed by atoms with E-state index in [1.54, 1.807) is 0 Å². The Hall–Kier alpha value is -0.780. The second-order valence-electron chi connectivity index (χ2n) is 5.93. The van der Waals surface area contributed by atoms with Crippen molar-refractivity contribution in [3.8, 4) is 5.75 Å². The zero-order chi connectivity index (χ0) is 14.9. The molecule has 1 saturated heterocycles. The highest BCUT2D eigenvalue weighted by molar-refractivity contribution is 9.10. The van der Waals surface area contributed by atoms with Gasteiger partial charge in [0.1, 0.15) is 5.75 Å². The van der Waals surface area contributed by atoms with E-state index >= 15 is 0 Å². The van der Waals surface area contributed by atoms with Gasteiger partial charge in [-0.15, -0.1) is 12.4 Å². The van der Waals surface area contributed by atoms with Crippen molar-refractivity contribution in [2.24, 2.45) is 11.3 Å². The minimum atomic E-state index is 0. The molecular weight excluding hydrogens is 368 g/mol. The lowest BCUT2D eigenvalue weighted by molar-refractivity contribution is -0.118. The number of nitrogens with one attached hydrogen (secondary N) is 2. The summed E-state index contributed by atoms with van der Waals surface area (Å²) in [6.07, 6.45) is 3.25. The number of anilines is 1. The second-order valence-corrected chi connectivity index (χ2v) is 6.85. The van der Waals surface area contributed by atoms with Crippen LogP contribution in [0, 0.1) is 11.3 Å². The number of halogens is 2.